The van der Waals surface area contributed by atoms with Gasteiger partial charge in [0, 0.05) is 25.2 Å². The number of carboxylic acid groups (broad SMARTS) is 1. The number of aliphatic carboxylic acids is 1. The van der Waals surface area contributed by atoms with Crippen molar-refractivity contribution in [2.75, 3.05) is 13.7 Å². The predicted octanol–water partition coefficient (Wildman–Crippen LogP) is 3.18. The van der Waals surface area contributed by atoms with Gasteiger partial charge in [0.2, 0.25) is 0 Å². The SMILES string of the molecule is COC(=O)O[C@@]12CO[C@@H]1CC(O)[C@@]1(C)C(=O)[C@H](OC(C)=O)C3=C(C)[C@@](C)(OC(=O)[C@H](O)[C@@H](NC(=O)OC(C)(C)C)C(C)(C)C(=O)O)C[C@@](O)([C@@H](OC(=O)c4ccccc4)C12)C3(C)C. The molecule has 1 aliphatic heterocycles. The Morgan fingerprint density at radius 1 is 0.952 bits per heavy atom. The number of Topliss-reactive ketones (excluding diaryl/α,β-unsaturated/α-hetero) is 1. The van der Waals surface area contributed by atoms with Crippen LogP contribution in [-0.2, 0) is 52.3 Å². The Bertz CT molecular complexity index is 2070. The van der Waals surface area contributed by atoms with Crippen molar-refractivity contribution in [2.45, 2.75) is 148 Å². The van der Waals surface area contributed by atoms with Crippen LogP contribution in [0.25, 0.3) is 0 Å². The molecule has 19 nitrogen and oxygen atoms in total. The maximum absolute atomic E-state index is 15.6. The number of ether oxygens (including phenoxy) is 7. The van der Waals surface area contributed by atoms with Crippen molar-refractivity contribution in [3.05, 3.63) is 47.0 Å². The fourth-order valence-corrected chi connectivity index (χ4v) is 9.81. The first-order chi connectivity index (χ1) is 28.9. The van der Waals surface area contributed by atoms with Gasteiger partial charge in [-0.1, -0.05) is 32.0 Å². The van der Waals surface area contributed by atoms with Crippen LogP contribution in [0.15, 0.2) is 41.5 Å². The van der Waals surface area contributed by atoms with E-state index in [-0.39, 0.29) is 23.1 Å². The predicted molar refractivity (Wildman–Crippen MR) is 216 cm³/mol. The van der Waals surface area contributed by atoms with Crippen molar-refractivity contribution in [2.24, 2.45) is 22.2 Å². The minimum absolute atomic E-state index is 0.00266. The highest BCUT2D eigenvalue weighted by Gasteiger charge is 2.79. The van der Waals surface area contributed by atoms with Crippen molar-refractivity contribution < 1.29 is 87.1 Å². The van der Waals surface area contributed by atoms with Crippen LogP contribution >= 0.6 is 0 Å². The zero-order valence-electron chi connectivity index (χ0n) is 37.6. The molecule has 11 atom stereocenters. The molecule has 19 heteroatoms. The van der Waals surface area contributed by atoms with E-state index in [9.17, 15) is 49.2 Å². The van der Waals surface area contributed by atoms with Gasteiger partial charge in [-0.05, 0) is 78.7 Å². The maximum atomic E-state index is 15.6. The lowest BCUT2D eigenvalue weighted by atomic mass is 9.44. The number of rotatable bonds is 10. The number of amides is 1. The van der Waals surface area contributed by atoms with Gasteiger partial charge in [-0.15, -0.1) is 0 Å². The highest BCUT2D eigenvalue weighted by Crippen LogP contribution is 2.65. The number of carbonyl (C=O) groups is 7. The first kappa shape index (κ1) is 48.9. The number of nitrogens with one attached hydrogen (secondary N) is 1. The molecule has 348 valence electrons. The average Bonchev–Trinajstić information content (AvgIpc) is 3.17. The van der Waals surface area contributed by atoms with E-state index in [1.54, 1.807) is 39.0 Å². The molecule has 0 radical (unpaired) electrons. The van der Waals surface area contributed by atoms with Crippen molar-refractivity contribution in [1.82, 2.24) is 5.32 Å². The van der Waals surface area contributed by atoms with Gasteiger partial charge < -0.3 is 58.9 Å². The Labute approximate surface area is 364 Å². The van der Waals surface area contributed by atoms with E-state index >= 15 is 4.79 Å². The Balaban J connectivity index is 1.79. The molecule has 1 aromatic rings. The summed E-state index contributed by atoms with van der Waals surface area (Å²) in [4.78, 5) is 95.9. The van der Waals surface area contributed by atoms with Gasteiger partial charge in [0.1, 0.15) is 29.0 Å². The number of carboxylic acids is 1. The summed E-state index contributed by atoms with van der Waals surface area (Å²) in [6.07, 6.45) is -12.6. The number of carbonyl (C=O) groups excluding carboxylic acids is 6. The molecule has 1 heterocycles. The molecule has 5 rings (SSSR count). The lowest BCUT2D eigenvalue weighted by Gasteiger charge is -2.67. The second-order valence-corrected chi connectivity index (χ2v) is 19.4. The Morgan fingerprint density at radius 2 is 1.56 bits per heavy atom. The molecular weight excluding hydrogens is 830 g/mol. The zero-order valence-corrected chi connectivity index (χ0v) is 37.6. The summed E-state index contributed by atoms with van der Waals surface area (Å²) in [6, 6.07) is 5.70. The molecular formula is C44H59NO18. The molecule has 1 amide bonds. The quantitative estimate of drug-likeness (QED) is 0.128. The summed E-state index contributed by atoms with van der Waals surface area (Å²) >= 11 is 0. The number of fused-ring (bicyclic) bond motifs is 5. The highest BCUT2D eigenvalue weighted by molar-refractivity contribution is 5.96. The Hall–Kier alpha value is -5.11. The summed E-state index contributed by atoms with van der Waals surface area (Å²) in [7, 11) is 1.04. The molecule has 1 saturated heterocycles. The molecule has 5 N–H and O–H groups in total. The number of aliphatic hydroxyl groups excluding tert-OH is 2. The largest absolute Gasteiger partial charge is 0.508 e. The Morgan fingerprint density at radius 3 is 2.06 bits per heavy atom. The van der Waals surface area contributed by atoms with Crippen LogP contribution in [0, 0.1) is 22.2 Å². The van der Waals surface area contributed by atoms with Crippen LogP contribution in [0.5, 0.6) is 0 Å². The van der Waals surface area contributed by atoms with Crippen molar-refractivity contribution >= 4 is 41.9 Å². The summed E-state index contributed by atoms with van der Waals surface area (Å²) in [5, 5.41) is 50.0. The van der Waals surface area contributed by atoms with Crippen LogP contribution in [0.4, 0.5) is 9.59 Å². The van der Waals surface area contributed by atoms with Gasteiger partial charge in [0.05, 0.1) is 48.2 Å². The van der Waals surface area contributed by atoms with E-state index in [2.05, 4.69) is 5.32 Å². The lowest BCUT2D eigenvalue weighted by molar-refractivity contribution is -0.345. The summed E-state index contributed by atoms with van der Waals surface area (Å²) < 4.78 is 40.3. The highest BCUT2D eigenvalue weighted by atomic mass is 16.8. The number of hydrogen-bond acceptors (Lipinski definition) is 17. The topological polar surface area (TPSA) is 277 Å². The number of benzene rings is 1. The second kappa shape index (κ2) is 16.5. The van der Waals surface area contributed by atoms with Crippen LogP contribution in [0.2, 0.25) is 0 Å². The number of esters is 3. The molecule has 3 fully saturated rings. The minimum atomic E-state index is -2.56. The molecule has 0 spiro atoms. The molecule has 1 aromatic carbocycles. The van der Waals surface area contributed by atoms with Crippen LogP contribution in [-0.4, -0.2) is 135 Å². The first-order valence-electron chi connectivity index (χ1n) is 20.5. The summed E-state index contributed by atoms with van der Waals surface area (Å²) in [5.74, 6) is -7.69. The molecule has 0 aromatic heterocycles. The van der Waals surface area contributed by atoms with Gasteiger partial charge in [0.25, 0.3) is 0 Å². The van der Waals surface area contributed by atoms with Gasteiger partial charge in [0.15, 0.2) is 23.6 Å². The van der Waals surface area contributed by atoms with E-state index in [1.807, 2.05) is 0 Å². The molecule has 63 heavy (non-hydrogen) atoms. The van der Waals surface area contributed by atoms with Crippen molar-refractivity contribution in [3.63, 3.8) is 0 Å². The molecule has 2 bridgehead atoms. The van der Waals surface area contributed by atoms with Gasteiger partial charge in [-0.25, -0.2) is 19.2 Å². The third-order valence-electron chi connectivity index (χ3n) is 13.6. The first-order valence-corrected chi connectivity index (χ1v) is 20.5. The standard InChI is InChI=1S/C44H59NO18/c1-21-26-28(59-22(2)46)31(49)42(11)24(47)18-25-43(20-58-25,63-37(55)57-12)29(42)32(60-33(50)23-16-14-13-15-17-23)44(56,40(26,8)9)19-41(21,10)61-34(51)27(48)30(39(6,7)35(52)53)45-36(54)62-38(3,4)5/h13-17,24-25,27-30,32,47-48,56H,18-20H2,1-12H3,(H,45,54)(H,52,53)/t24?,25-,27-,28-,29?,30-,32+,41+,42-,43+,44-/m1/s1. The number of methoxy groups -OCH3 is 1. The number of alkyl carbamates (subject to hydrolysis) is 1. The summed E-state index contributed by atoms with van der Waals surface area (Å²) in [6.45, 7) is 14.5. The normalized spacial score (nSPS) is 33.3. The monoisotopic (exact) mass is 889 g/mol. The van der Waals surface area contributed by atoms with Gasteiger partial charge in [-0.2, -0.15) is 0 Å². The number of aliphatic hydroxyl groups is 3. The van der Waals surface area contributed by atoms with E-state index in [0.717, 1.165) is 27.9 Å². The zero-order chi connectivity index (χ0) is 47.6. The second-order valence-electron chi connectivity index (χ2n) is 19.4. The van der Waals surface area contributed by atoms with Gasteiger partial charge in [-0.3, -0.25) is 14.4 Å². The minimum Gasteiger partial charge on any atom is -0.481 e. The van der Waals surface area contributed by atoms with Crippen LogP contribution < -0.4 is 5.32 Å². The maximum Gasteiger partial charge on any atom is 0.508 e. The number of hydrogen-bond donors (Lipinski definition) is 5. The van der Waals surface area contributed by atoms with Crippen LogP contribution in [0.1, 0.15) is 99.4 Å². The smallest absolute Gasteiger partial charge is 0.481 e. The van der Waals surface area contributed by atoms with E-state index in [0.29, 0.717) is 0 Å². The molecule has 4 aliphatic rings. The van der Waals surface area contributed by atoms with E-state index < -0.39 is 136 Å². The van der Waals surface area contributed by atoms with Crippen molar-refractivity contribution in [3.8, 4) is 0 Å². The van der Waals surface area contributed by atoms with Gasteiger partial charge >= 0.3 is 36.1 Å². The third kappa shape index (κ3) is 8.16. The van der Waals surface area contributed by atoms with E-state index in [4.69, 9.17) is 33.2 Å². The number of ketones is 1. The molecule has 2 saturated carbocycles. The third-order valence-corrected chi connectivity index (χ3v) is 13.6. The average molecular weight is 890 g/mol. The fourth-order valence-electron chi connectivity index (χ4n) is 9.81. The lowest BCUT2D eigenvalue weighted by Crippen LogP contribution is -2.82. The molecule has 2 unspecified atom stereocenters. The Kier molecular flexibility index (Phi) is 12.8. The fraction of sp³-hybridized carbons (Fsp3) is 0.659. The summed E-state index contributed by atoms with van der Waals surface area (Å²) in [5.41, 5.74) is -13.9. The van der Waals surface area contributed by atoms with Crippen molar-refractivity contribution in [1.29, 1.82) is 0 Å². The van der Waals surface area contributed by atoms with E-state index in [1.165, 1.54) is 46.8 Å². The van der Waals surface area contributed by atoms with Crippen LogP contribution in [0.3, 0.4) is 0 Å². The molecule has 3 aliphatic carbocycles.